The van der Waals surface area contributed by atoms with E-state index in [1.165, 1.54) is 36.5 Å². The van der Waals surface area contributed by atoms with E-state index in [1.807, 2.05) is 0 Å². The van der Waals surface area contributed by atoms with Gasteiger partial charge in [-0.05, 0) is 18.2 Å². The van der Waals surface area contributed by atoms with Crippen molar-refractivity contribution in [1.29, 1.82) is 0 Å². The molecule has 1 aromatic heterocycles. The molecule has 0 amide bonds. The summed E-state index contributed by atoms with van der Waals surface area (Å²) < 4.78 is 5.03. The van der Waals surface area contributed by atoms with Crippen LogP contribution in [0, 0.1) is 10.1 Å². The second-order valence-corrected chi connectivity index (χ2v) is 4.40. The Morgan fingerprint density at radius 2 is 1.90 bits per heavy atom. The van der Waals surface area contributed by atoms with Crippen molar-refractivity contribution < 1.29 is 14.5 Å². The molecule has 0 saturated carbocycles. The summed E-state index contributed by atoms with van der Waals surface area (Å²) in [6.45, 7) is 0. The van der Waals surface area contributed by atoms with Gasteiger partial charge in [-0.25, -0.2) is 9.78 Å². The molecule has 0 saturated heterocycles. The van der Waals surface area contributed by atoms with Crippen molar-refractivity contribution in [3.63, 3.8) is 0 Å². The minimum absolute atomic E-state index is 0.0820. The van der Waals surface area contributed by atoms with Gasteiger partial charge in [0.25, 0.3) is 5.69 Å². The van der Waals surface area contributed by atoms with Gasteiger partial charge in [-0.1, -0.05) is 23.2 Å². The number of benzene rings is 1. The van der Waals surface area contributed by atoms with E-state index >= 15 is 0 Å². The fourth-order valence-electron chi connectivity index (χ4n) is 1.33. The number of carbonyl (C=O) groups is 1. The molecule has 2 rings (SSSR count). The smallest absolute Gasteiger partial charge is 0.345 e. The largest absolute Gasteiger partial charge is 0.423 e. The van der Waals surface area contributed by atoms with Crippen LogP contribution in [0.5, 0.6) is 5.75 Å². The Morgan fingerprint density at radius 3 is 2.45 bits per heavy atom. The predicted molar refractivity (Wildman–Crippen MR) is 72.3 cm³/mol. The first kappa shape index (κ1) is 14.2. The quantitative estimate of drug-likeness (QED) is 0.285. The van der Waals surface area contributed by atoms with Crippen molar-refractivity contribution in [3.05, 3.63) is 62.4 Å². The van der Waals surface area contributed by atoms with Crippen molar-refractivity contribution >= 4 is 34.9 Å². The van der Waals surface area contributed by atoms with E-state index in [-0.39, 0.29) is 27.2 Å². The number of non-ortho nitro benzene ring substituents is 1. The predicted octanol–water partition coefficient (Wildman–Crippen LogP) is 3.52. The van der Waals surface area contributed by atoms with Crippen LogP contribution in [0.4, 0.5) is 5.69 Å². The number of rotatable bonds is 3. The summed E-state index contributed by atoms with van der Waals surface area (Å²) in [6, 6.07) is 6.43. The number of carbonyl (C=O) groups excluding carboxylic acids is 1. The molecule has 102 valence electrons. The molecule has 0 radical (unpaired) electrons. The first-order chi connectivity index (χ1) is 9.47. The van der Waals surface area contributed by atoms with Crippen molar-refractivity contribution in [1.82, 2.24) is 4.98 Å². The van der Waals surface area contributed by atoms with E-state index in [9.17, 15) is 14.9 Å². The maximum Gasteiger partial charge on any atom is 0.345 e. The Kier molecular flexibility index (Phi) is 4.16. The van der Waals surface area contributed by atoms with Crippen LogP contribution in [0.3, 0.4) is 0 Å². The summed E-state index contributed by atoms with van der Waals surface area (Å²) in [4.78, 5) is 25.5. The maximum atomic E-state index is 11.8. The van der Waals surface area contributed by atoms with Crippen molar-refractivity contribution in [2.24, 2.45) is 0 Å². The molecule has 0 bridgehead atoms. The van der Waals surface area contributed by atoms with Gasteiger partial charge in [0.15, 0.2) is 0 Å². The molecule has 0 fully saturated rings. The summed E-state index contributed by atoms with van der Waals surface area (Å²) >= 11 is 11.4. The van der Waals surface area contributed by atoms with E-state index in [0.29, 0.717) is 0 Å². The van der Waals surface area contributed by atoms with Gasteiger partial charge in [0.05, 0.1) is 15.5 Å². The highest BCUT2D eigenvalue weighted by Gasteiger charge is 2.12. The molecule has 2 aromatic rings. The lowest BCUT2D eigenvalue weighted by Crippen LogP contribution is -2.09. The maximum absolute atomic E-state index is 11.8. The second kappa shape index (κ2) is 5.85. The van der Waals surface area contributed by atoms with Gasteiger partial charge in [-0.15, -0.1) is 0 Å². The molecular formula is C12H6Cl2N2O4. The number of hydrogen-bond acceptors (Lipinski definition) is 5. The first-order valence-corrected chi connectivity index (χ1v) is 6.00. The van der Waals surface area contributed by atoms with Gasteiger partial charge in [-0.2, -0.15) is 0 Å². The van der Waals surface area contributed by atoms with E-state index in [0.717, 1.165) is 0 Å². The molecule has 0 N–H and O–H groups in total. The number of ether oxygens (including phenoxy) is 1. The molecule has 1 heterocycles. The molecule has 0 aliphatic carbocycles. The zero-order valence-electron chi connectivity index (χ0n) is 9.75. The average molecular weight is 313 g/mol. The molecule has 0 spiro atoms. The molecule has 0 unspecified atom stereocenters. The standard InChI is InChI=1S/C12H6Cl2N2O4/c13-10-5-7(6-15-11(10)14)12(17)20-9-3-1-8(2-4-9)16(18)19/h1-6H. The molecule has 8 heteroatoms. The fourth-order valence-corrected chi connectivity index (χ4v) is 1.60. The van der Waals surface area contributed by atoms with Gasteiger partial charge in [0.2, 0.25) is 0 Å². The lowest BCUT2D eigenvalue weighted by Gasteiger charge is -2.04. The molecule has 0 atom stereocenters. The van der Waals surface area contributed by atoms with E-state index in [4.69, 9.17) is 27.9 Å². The number of hydrogen-bond donors (Lipinski definition) is 0. The van der Waals surface area contributed by atoms with E-state index in [2.05, 4.69) is 4.98 Å². The summed E-state index contributed by atoms with van der Waals surface area (Å²) in [5, 5.41) is 10.7. The van der Waals surface area contributed by atoms with E-state index in [1.54, 1.807) is 0 Å². The summed E-state index contributed by atoms with van der Waals surface area (Å²) in [6.07, 6.45) is 1.22. The third kappa shape index (κ3) is 3.23. The Hall–Kier alpha value is -2.18. The van der Waals surface area contributed by atoms with Crippen LogP contribution >= 0.6 is 23.2 Å². The van der Waals surface area contributed by atoms with Gasteiger partial charge < -0.3 is 4.74 Å². The number of esters is 1. The lowest BCUT2D eigenvalue weighted by molar-refractivity contribution is -0.384. The van der Waals surface area contributed by atoms with Crippen LogP contribution in [-0.4, -0.2) is 15.9 Å². The van der Waals surface area contributed by atoms with Gasteiger partial charge in [0.1, 0.15) is 10.9 Å². The summed E-state index contributed by atoms with van der Waals surface area (Å²) in [7, 11) is 0. The topological polar surface area (TPSA) is 82.3 Å². The van der Waals surface area contributed by atoms with Crippen LogP contribution in [0.25, 0.3) is 0 Å². The van der Waals surface area contributed by atoms with E-state index < -0.39 is 10.9 Å². The van der Waals surface area contributed by atoms with Crippen molar-refractivity contribution in [3.8, 4) is 5.75 Å². The molecule has 20 heavy (non-hydrogen) atoms. The van der Waals surface area contributed by atoms with Crippen LogP contribution in [0.15, 0.2) is 36.5 Å². The lowest BCUT2D eigenvalue weighted by atomic mass is 10.3. The molecule has 0 aliphatic heterocycles. The normalized spacial score (nSPS) is 10.1. The highest BCUT2D eigenvalue weighted by Crippen LogP contribution is 2.22. The number of nitrogens with zero attached hydrogens (tertiary/aromatic N) is 2. The van der Waals surface area contributed by atoms with Gasteiger partial charge in [-0.3, -0.25) is 10.1 Å². The highest BCUT2D eigenvalue weighted by atomic mass is 35.5. The highest BCUT2D eigenvalue weighted by molar-refractivity contribution is 6.41. The molecule has 0 aliphatic rings. The number of nitro groups is 1. The minimum Gasteiger partial charge on any atom is -0.423 e. The second-order valence-electron chi connectivity index (χ2n) is 3.64. The number of nitro benzene ring substituents is 1. The Morgan fingerprint density at radius 1 is 1.25 bits per heavy atom. The SMILES string of the molecule is O=C(Oc1ccc([N+](=O)[O-])cc1)c1cnc(Cl)c(Cl)c1. The Labute approximate surface area is 123 Å². The van der Waals surface area contributed by atoms with Gasteiger partial charge >= 0.3 is 5.97 Å². The first-order valence-electron chi connectivity index (χ1n) is 5.25. The molecular weight excluding hydrogens is 307 g/mol. The van der Waals surface area contributed by atoms with Crippen molar-refractivity contribution in [2.75, 3.05) is 0 Å². The fraction of sp³-hybridized carbons (Fsp3) is 0. The number of halogens is 2. The minimum atomic E-state index is -0.690. The Bertz CT molecular complexity index is 674. The summed E-state index contributed by atoms with van der Waals surface area (Å²) in [5.41, 5.74) is 0.0266. The van der Waals surface area contributed by atoms with Crippen LogP contribution in [-0.2, 0) is 0 Å². The molecule has 1 aromatic carbocycles. The van der Waals surface area contributed by atoms with Crippen LogP contribution in [0.2, 0.25) is 10.2 Å². The van der Waals surface area contributed by atoms with Crippen LogP contribution in [0.1, 0.15) is 10.4 Å². The summed E-state index contributed by atoms with van der Waals surface area (Å²) in [5.74, 6) is -0.517. The average Bonchev–Trinajstić information content (AvgIpc) is 2.42. The Balaban J connectivity index is 2.14. The van der Waals surface area contributed by atoms with Crippen molar-refractivity contribution in [2.45, 2.75) is 0 Å². The monoisotopic (exact) mass is 312 g/mol. The number of pyridine rings is 1. The third-order valence-electron chi connectivity index (χ3n) is 2.29. The van der Waals surface area contributed by atoms with Crippen LogP contribution < -0.4 is 4.74 Å². The zero-order valence-corrected chi connectivity index (χ0v) is 11.3. The van der Waals surface area contributed by atoms with Gasteiger partial charge in [0, 0.05) is 18.3 Å². The third-order valence-corrected chi connectivity index (χ3v) is 2.98. The molecule has 6 nitrogen and oxygen atoms in total. The number of aromatic nitrogens is 1. The zero-order chi connectivity index (χ0) is 14.7.